The van der Waals surface area contributed by atoms with Gasteiger partial charge in [0.1, 0.15) is 11.9 Å². The smallest absolute Gasteiger partial charge is 0.247 e. The summed E-state index contributed by atoms with van der Waals surface area (Å²) in [5, 5.41) is 2.72. The Bertz CT molecular complexity index is 880. The molecule has 0 saturated heterocycles. The highest BCUT2D eigenvalue weighted by molar-refractivity contribution is 7.92. The molecule has 5 nitrogen and oxygen atoms in total. The molecule has 0 aliphatic rings. The molecule has 0 radical (unpaired) electrons. The van der Waals surface area contributed by atoms with Crippen molar-refractivity contribution in [1.82, 2.24) is 0 Å². The SMILES string of the molecule is Cc1ccc(NC(=O)[C@@H](C)N(c2ccc(F)cc2)S(C)(=O)=O)cc1C. The summed E-state index contributed by atoms with van der Waals surface area (Å²) in [6, 6.07) is 9.43. The van der Waals surface area contributed by atoms with Crippen LogP contribution in [0.4, 0.5) is 15.8 Å². The van der Waals surface area contributed by atoms with Crippen molar-refractivity contribution in [2.45, 2.75) is 26.8 Å². The predicted octanol–water partition coefficient (Wildman–Crippen LogP) is 3.24. The summed E-state index contributed by atoms with van der Waals surface area (Å²) in [4.78, 5) is 12.5. The normalized spacial score (nSPS) is 12.5. The molecule has 0 saturated carbocycles. The van der Waals surface area contributed by atoms with Crippen molar-refractivity contribution in [2.24, 2.45) is 0 Å². The minimum absolute atomic E-state index is 0.228. The minimum atomic E-state index is -3.73. The number of sulfonamides is 1. The fourth-order valence-corrected chi connectivity index (χ4v) is 3.64. The second kappa shape index (κ2) is 7.23. The zero-order valence-electron chi connectivity index (χ0n) is 14.6. The molecule has 0 heterocycles. The maximum atomic E-state index is 13.1. The highest BCUT2D eigenvalue weighted by Crippen LogP contribution is 2.22. The first-order valence-corrected chi connectivity index (χ1v) is 9.57. The average Bonchev–Trinajstić information content (AvgIpc) is 2.51. The molecular formula is C18H21FN2O3S. The second-order valence-electron chi connectivity index (χ2n) is 6.00. The molecule has 0 aliphatic carbocycles. The largest absolute Gasteiger partial charge is 0.324 e. The molecule has 25 heavy (non-hydrogen) atoms. The van der Waals surface area contributed by atoms with Crippen molar-refractivity contribution in [3.05, 3.63) is 59.4 Å². The highest BCUT2D eigenvalue weighted by atomic mass is 32.2. The van der Waals surface area contributed by atoms with Crippen molar-refractivity contribution in [2.75, 3.05) is 15.9 Å². The van der Waals surface area contributed by atoms with Gasteiger partial charge in [0.05, 0.1) is 11.9 Å². The van der Waals surface area contributed by atoms with E-state index in [4.69, 9.17) is 0 Å². The Hall–Kier alpha value is -2.41. The van der Waals surface area contributed by atoms with Crippen LogP contribution in [0.15, 0.2) is 42.5 Å². The van der Waals surface area contributed by atoms with Gasteiger partial charge in [0, 0.05) is 5.69 Å². The van der Waals surface area contributed by atoms with E-state index >= 15 is 0 Å². The fraction of sp³-hybridized carbons (Fsp3) is 0.278. The lowest BCUT2D eigenvalue weighted by atomic mass is 10.1. The van der Waals surface area contributed by atoms with Crippen molar-refractivity contribution >= 4 is 27.3 Å². The summed E-state index contributed by atoms with van der Waals surface area (Å²) in [7, 11) is -3.73. The molecule has 0 fully saturated rings. The van der Waals surface area contributed by atoms with E-state index in [9.17, 15) is 17.6 Å². The van der Waals surface area contributed by atoms with E-state index in [2.05, 4.69) is 5.32 Å². The van der Waals surface area contributed by atoms with E-state index in [1.54, 1.807) is 6.07 Å². The van der Waals surface area contributed by atoms with Gasteiger partial charge >= 0.3 is 0 Å². The summed E-state index contributed by atoms with van der Waals surface area (Å²) < 4.78 is 38.4. The maximum Gasteiger partial charge on any atom is 0.247 e. The summed E-state index contributed by atoms with van der Waals surface area (Å²) in [5.41, 5.74) is 2.93. The standard InChI is InChI=1S/C18H21FN2O3S/c1-12-5-8-16(11-13(12)2)20-18(22)14(3)21(25(4,23)24)17-9-6-15(19)7-10-17/h5-11,14H,1-4H3,(H,20,22)/t14-/m1/s1. The second-order valence-corrected chi connectivity index (χ2v) is 7.86. The molecule has 2 aromatic rings. The number of benzene rings is 2. The molecule has 134 valence electrons. The van der Waals surface area contributed by atoms with E-state index in [0.717, 1.165) is 33.8 Å². The number of aryl methyl sites for hydroxylation is 2. The number of nitrogens with one attached hydrogen (secondary N) is 1. The van der Waals surface area contributed by atoms with Crippen LogP contribution < -0.4 is 9.62 Å². The first-order valence-electron chi connectivity index (χ1n) is 7.72. The number of carbonyl (C=O) groups excluding carboxylic acids is 1. The van der Waals surface area contributed by atoms with Gasteiger partial charge < -0.3 is 5.32 Å². The lowest BCUT2D eigenvalue weighted by molar-refractivity contribution is -0.116. The highest BCUT2D eigenvalue weighted by Gasteiger charge is 2.29. The molecule has 0 unspecified atom stereocenters. The third-order valence-electron chi connectivity index (χ3n) is 3.94. The Labute approximate surface area is 147 Å². The molecule has 0 spiro atoms. The van der Waals surface area contributed by atoms with Crippen LogP contribution in [0.3, 0.4) is 0 Å². The number of carbonyl (C=O) groups is 1. The Kier molecular flexibility index (Phi) is 5.47. The van der Waals surface area contributed by atoms with E-state index in [1.807, 2.05) is 26.0 Å². The van der Waals surface area contributed by atoms with Crippen LogP contribution >= 0.6 is 0 Å². The molecule has 0 bridgehead atoms. The van der Waals surface area contributed by atoms with Gasteiger partial charge in [-0.05, 0) is 68.3 Å². The fourth-order valence-electron chi connectivity index (χ4n) is 2.46. The molecule has 1 N–H and O–H groups in total. The third-order valence-corrected chi connectivity index (χ3v) is 5.19. The van der Waals surface area contributed by atoms with Gasteiger partial charge in [-0.2, -0.15) is 0 Å². The van der Waals surface area contributed by atoms with Gasteiger partial charge in [-0.3, -0.25) is 9.10 Å². The summed E-state index contributed by atoms with van der Waals surface area (Å²) in [5.74, 6) is -0.956. The number of anilines is 2. The number of hydrogen-bond acceptors (Lipinski definition) is 3. The Morgan fingerprint density at radius 1 is 1.08 bits per heavy atom. The number of rotatable bonds is 5. The van der Waals surface area contributed by atoms with Crippen LogP contribution in [-0.4, -0.2) is 26.6 Å². The summed E-state index contributed by atoms with van der Waals surface area (Å²) in [6.07, 6.45) is 1.01. The zero-order valence-corrected chi connectivity index (χ0v) is 15.4. The van der Waals surface area contributed by atoms with Crippen LogP contribution in [0.1, 0.15) is 18.1 Å². The predicted molar refractivity (Wildman–Crippen MR) is 97.7 cm³/mol. The molecule has 0 aliphatic heterocycles. The molecule has 1 amide bonds. The average molecular weight is 364 g/mol. The third kappa shape index (κ3) is 4.57. The first kappa shape index (κ1) is 18.9. The van der Waals surface area contributed by atoms with E-state index < -0.39 is 27.8 Å². The number of halogens is 1. The van der Waals surface area contributed by atoms with Gasteiger partial charge in [-0.1, -0.05) is 6.07 Å². The molecule has 0 aromatic heterocycles. The molecule has 7 heteroatoms. The Morgan fingerprint density at radius 2 is 1.68 bits per heavy atom. The van der Waals surface area contributed by atoms with Gasteiger partial charge in [0.2, 0.25) is 15.9 Å². The minimum Gasteiger partial charge on any atom is -0.324 e. The van der Waals surface area contributed by atoms with Gasteiger partial charge in [-0.25, -0.2) is 12.8 Å². The van der Waals surface area contributed by atoms with Crippen molar-refractivity contribution in [3.8, 4) is 0 Å². The number of hydrogen-bond donors (Lipinski definition) is 1. The van der Waals surface area contributed by atoms with Crippen molar-refractivity contribution in [1.29, 1.82) is 0 Å². The lowest BCUT2D eigenvalue weighted by Crippen LogP contribution is -2.45. The monoisotopic (exact) mass is 364 g/mol. The lowest BCUT2D eigenvalue weighted by Gasteiger charge is -2.28. The van der Waals surface area contributed by atoms with Crippen LogP contribution in [0.2, 0.25) is 0 Å². The van der Waals surface area contributed by atoms with E-state index in [-0.39, 0.29) is 5.69 Å². The van der Waals surface area contributed by atoms with Crippen LogP contribution in [0.5, 0.6) is 0 Å². The van der Waals surface area contributed by atoms with Crippen molar-refractivity contribution < 1.29 is 17.6 Å². The van der Waals surface area contributed by atoms with Crippen LogP contribution in [0.25, 0.3) is 0 Å². The zero-order chi connectivity index (χ0) is 18.8. The maximum absolute atomic E-state index is 13.1. The van der Waals surface area contributed by atoms with Gasteiger partial charge in [0.25, 0.3) is 0 Å². The summed E-state index contributed by atoms with van der Waals surface area (Å²) in [6.45, 7) is 5.38. The molecule has 2 rings (SSSR count). The summed E-state index contributed by atoms with van der Waals surface area (Å²) >= 11 is 0. The van der Waals surface area contributed by atoms with Gasteiger partial charge in [0.15, 0.2) is 0 Å². The molecule has 2 aromatic carbocycles. The van der Waals surface area contributed by atoms with E-state index in [0.29, 0.717) is 5.69 Å². The Balaban J connectivity index is 2.29. The number of amides is 1. The van der Waals surface area contributed by atoms with Gasteiger partial charge in [-0.15, -0.1) is 0 Å². The van der Waals surface area contributed by atoms with E-state index in [1.165, 1.54) is 19.1 Å². The van der Waals surface area contributed by atoms with Crippen LogP contribution in [0, 0.1) is 19.7 Å². The number of nitrogens with zero attached hydrogens (tertiary/aromatic N) is 1. The first-order chi connectivity index (χ1) is 11.6. The van der Waals surface area contributed by atoms with Crippen LogP contribution in [-0.2, 0) is 14.8 Å². The van der Waals surface area contributed by atoms with Crippen molar-refractivity contribution in [3.63, 3.8) is 0 Å². The Morgan fingerprint density at radius 3 is 2.20 bits per heavy atom. The quantitative estimate of drug-likeness (QED) is 0.886. The topological polar surface area (TPSA) is 66.5 Å². The molecule has 1 atom stereocenters. The molecular weight excluding hydrogens is 343 g/mol.